The Balaban J connectivity index is 4.45. The molecular weight excluding hydrogens is 208 g/mol. The Kier molecular flexibility index (Phi) is 8.25. The number of nitriles is 1. The van der Waals surface area contributed by atoms with Crippen molar-refractivity contribution < 1.29 is 0 Å². The topological polar surface area (TPSA) is 27.0 Å². The molecule has 2 heteroatoms. The van der Waals surface area contributed by atoms with E-state index in [0.717, 1.165) is 18.4 Å². The minimum atomic E-state index is 0.581. The van der Waals surface area contributed by atoms with Crippen LogP contribution in [0.4, 0.5) is 0 Å². The van der Waals surface area contributed by atoms with E-state index < -0.39 is 0 Å². The summed E-state index contributed by atoms with van der Waals surface area (Å²) in [5.74, 6) is 1.45. The second-order valence-corrected chi connectivity index (χ2v) is 6.10. The van der Waals surface area contributed by atoms with Crippen molar-refractivity contribution in [3.8, 4) is 6.07 Å². The third kappa shape index (κ3) is 7.39. The van der Waals surface area contributed by atoms with Crippen molar-refractivity contribution in [3.05, 3.63) is 0 Å². The lowest BCUT2D eigenvalue weighted by Gasteiger charge is -2.35. The molecule has 0 amide bonds. The molecule has 0 saturated heterocycles. The number of hydrogen-bond acceptors (Lipinski definition) is 2. The van der Waals surface area contributed by atoms with E-state index in [1.54, 1.807) is 0 Å². The first-order valence-electron chi connectivity index (χ1n) is 7.01. The molecule has 0 bridgehead atoms. The highest BCUT2D eigenvalue weighted by Crippen LogP contribution is 2.18. The van der Waals surface area contributed by atoms with Gasteiger partial charge in [0, 0.05) is 25.0 Å². The van der Waals surface area contributed by atoms with Crippen LogP contribution in [-0.4, -0.2) is 23.5 Å². The van der Waals surface area contributed by atoms with Crippen molar-refractivity contribution in [1.82, 2.24) is 4.90 Å². The number of rotatable bonds is 8. The predicted molar refractivity (Wildman–Crippen MR) is 74.8 cm³/mol. The molecule has 0 aromatic heterocycles. The van der Waals surface area contributed by atoms with Crippen molar-refractivity contribution >= 4 is 0 Å². The highest BCUT2D eigenvalue weighted by molar-refractivity contribution is 4.80. The van der Waals surface area contributed by atoms with E-state index in [1.165, 1.54) is 12.8 Å². The molecule has 0 spiro atoms. The number of hydrogen-bond donors (Lipinski definition) is 0. The van der Waals surface area contributed by atoms with Crippen LogP contribution in [0.15, 0.2) is 0 Å². The monoisotopic (exact) mass is 238 g/mol. The van der Waals surface area contributed by atoms with Gasteiger partial charge in [0.1, 0.15) is 0 Å². The molecule has 0 rings (SSSR count). The van der Waals surface area contributed by atoms with Crippen LogP contribution >= 0.6 is 0 Å². The molecule has 2 atom stereocenters. The lowest BCUT2D eigenvalue weighted by Crippen LogP contribution is -2.42. The van der Waals surface area contributed by atoms with E-state index in [0.29, 0.717) is 18.5 Å². The molecule has 2 nitrogen and oxygen atoms in total. The molecule has 0 aromatic rings. The molecule has 17 heavy (non-hydrogen) atoms. The fourth-order valence-corrected chi connectivity index (χ4v) is 2.69. The van der Waals surface area contributed by atoms with Gasteiger partial charge in [0.05, 0.1) is 6.07 Å². The van der Waals surface area contributed by atoms with Gasteiger partial charge in [-0.2, -0.15) is 5.26 Å². The average molecular weight is 238 g/mol. The largest absolute Gasteiger partial charge is 0.297 e. The molecule has 0 radical (unpaired) electrons. The third-order valence-electron chi connectivity index (χ3n) is 3.24. The second-order valence-electron chi connectivity index (χ2n) is 6.10. The molecule has 0 aliphatic rings. The second kappa shape index (κ2) is 8.53. The van der Waals surface area contributed by atoms with Crippen LogP contribution in [0.3, 0.4) is 0 Å². The van der Waals surface area contributed by atoms with Gasteiger partial charge in [-0.1, -0.05) is 27.7 Å². The highest BCUT2D eigenvalue weighted by Gasteiger charge is 2.21. The summed E-state index contributed by atoms with van der Waals surface area (Å²) in [6.07, 6.45) is 3.08. The van der Waals surface area contributed by atoms with E-state index in [9.17, 15) is 0 Å². The first-order valence-corrected chi connectivity index (χ1v) is 7.01. The third-order valence-corrected chi connectivity index (χ3v) is 3.24. The highest BCUT2D eigenvalue weighted by atomic mass is 15.2. The summed E-state index contributed by atoms with van der Waals surface area (Å²) in [6.45, 7) is 14.6. The summed E-state index contributed by atoms with van der Waals surface area (Å²) in [5.41, 5.74) is 0. The van der Waals surface area contributed by atoms with Crippen LogP contribution in [0.2, 0.25) is 0 Å². The molecule has 100 valence electrons. The van der Waals surface area contributed by atoms with Crippen molar-refractivity contribution in [2.75, 3.05) is 6.54 Å². The minimum absolute atomic E-state index is 0.581. The van der Waals surface area contributed by atoms with Gasteiger partial charge in [0.25, 0.3) is 0 Å². The lowest BCUT2D eigenvalue weighted by atomic mass is 9.98. The molecule has 0 heterocycles. The van der Waals surface area contributed by atoms with Gasteiger partial charge in [0.15, 0.2) is 0 Å². The Hall–Kier alpha value is -0.550. The van der Waals surface area contributed by atoms with Crippen LogP contribution < -0.4 is 0 Å². The van der Waals surface area contributed by atoms with Gasteiger partial charge in [-0.05, 0) is 38.5 Å². The maximum atomic E-state index is 8.77. The van der Waals surface area contributed by atoms with Crippen molar-refractivity contribution in [2.45, 2.75) is 72.9 Å². The molecule has 2 unspecified atom stereocenters. The van der Waals surface area contributed by atoms with Gasteiger partial charge in [0.2, 0.25) is 0 Å². The average Bonchev–Trinajstić information content (AvgIpc) is 2.15. The van der Waals surface area contributed by atoms with E-state index in [-0.39, 0.29) is 0 Å². The zero-order valence-corrected chi connectivity index (χ0v) is 12.5. The lowest BCUT2D eigenvalue weighted by molar-refractivity contribution is 0.125. The summed E-state index contributed by atoms with van der Waals surface area (Å²) in [4.78, 5) is 2.52. The van der Waals surface area contributed by atoms with Crippen molar-refractivity contribution in [1.29, 1.82) is 5.26 Å². The first-order chi connectivity index (χ1) is 7.88. The summed E-state index contributed by atoms with van der Waals surface area (Å²) in [7, 11) is 0. The van der Waals surface area contributed by atoms with Crippen LogP contribution in [0.1, 0.15) is 60.8 Å². The van der Waals surface area contributed by atoms with Crippen molar-refractivity contribution in [2.24, 2.45) is 11.8 Å². The molecule has 0 N–H and O–H groups in total. The Morgan fingerprint density at radius 1 is 0.882 bits per heavy atom. The SMILES string of the molecule is CC(C)CC(C)N(CCC#N)C(C)CC(C)C. The molecule has 0 aliphatic heterocycles. The molecule has 0 saturated carbocycles. The Labute approximate surface area is 108 Å². The van der Waals surface area contributed by atoms with Crippen LogP contribution in [-0.2, 0) is 0 Å². The van der Waals surface area contributed by atoms with Gasteiger partial charge < -0.3 is 0 Å². The summed E-state index contributed by atoms with van der Waals surface area (Å²) >= 11 is 0. The van der Waals surface area contributed by atoms with Crippen LogP contribution in [0.5, 0.6) is 0 Å². The molecule has 0 aliphatic carbocycles. The standard InChI is InChI=1S/C15H30N2/c1-12(2)10-14(5)17(9-7-8-16)15(6)11-13(3)4/h12-15H,7,9-11H2,1-6H3. The summed E-state index contributed by atoms with van der Waals surface area (Å²) < 4.78 is 0. The normalized spacial score (nSPS) is 15.3. The fraction of sp³-hybridized carbons (Fsp3) is 0.933. The van der Waals surface area contributed by atoms with Gasteiger partial charge in [-0.15, -0.1) is 0 Å². The first kappa shape index (κ1) is 16.4. The van der Waals surface area contributed by atoms with E-state index >= 15 is 0 Å². The smallest absolute Gasteiger partial charge is 0.0635 e. The molecule has 0 fully saturated rings. The Morgan fingerprint density at radius 2 is 1.29 bits per heavy atom. The van der Waals surface area contributed by atoms with Gasteiger partial charge >= 0.3 is 0 Å². The van der Waals surface area contributed by atoms with Crippen LogP contribution in [0, 0.1) is 23.2 Å². The Bertz CT molecular complexity index is 212. The zero-order valence-electron chi connectivity index (χ0n) is 12.5. The van der Waals surface area contributed by atoms with Gasteiger partial charge in [-0.25, -0.2) is 0 Å². The quantitative estimate of drug-likeness (QED) is 0.637. The molecular formula is C15H30N2. The minimum Gasteiger partial charge on any atom is -0.297 e. The van der Waals surface area contributed by atoms with E-state index in [1.807, 2.05) is 0 Å². The van der Waals surface area contributed by atoms with E-state index in [2.05, 4.69) is 52.5 Å². The molecule has 0 aromatic carbocycles. The maximum Gasteiger partial charge on any atom is 0.0635 e. The van der Waals surface area contributed by atoms with E-state index in [4.69, 9.17) is 5.26 Å². The zero-order chi connectivity index (χ0) is 13.4. The Morgan fingerprint density at radius 3 is 1.59 bits per heavy atom. The summed E-state index contributed by atoms with van der Waals surface area (Å²) in [5, 5.41) is 8.77. The van der Waals surface area contributed by atoms with Gasteiger partial charge in [-0.3, -0.25) is 4.90 Å². The number of nitrogens with zero attached hydrogens (tertiary/aromatic N) is 2. The summed E-state index contributed by atoms with van der Waals surface area (Å²) in [6, 6.07) is 3.43. The van der Waals surface area contributed by atoms with Crippen molar-refractivity contribution in [3.63, 3.8) is 0 Å². The van der Waals surface area contributed by atoms with Crippen LogP contribution in [0.25, 0.3) is 0 Å². The predicted octanol–water partition coefficient (Wildman–Crippen LogP) is 4.07. The fourth-order valence-electron chi connectivity index (χ4n) is 2.69. The maximum absolute atomic E-state index is 8.77.